The van der Waals surface area contributed by atoms with Crippen LogP contribution < -0.4 is 20.1 Å². The maximum Gasteiger partial charge on any atom is 0.252 e. The number of benzene rings is 2. The number of fused-ring (bicyclic) bond motifs is 1. The smallest absolute Gasteiger partial charge is 0.252 e. The molecule has 3 aromatic rings. The summed E-state index contributed by atoms with van der Waals surface area (Å²) in [6.07, 6.45) is -0.0919. The molecule has 160 valence electrons. The Kier molecular flexibility index (Phi) is 6.08. The highest BCUT2D eigenvalue weighted by Gasteiger charge is 2.35. The van der Waals surface area contributed by atoms with Crippen molar-refractivity contribution < 1.29 is 19.1 Å². The fourth-order valence-corrected chi connectivity index (χ4v) is 3.95. The average Bonchev–Trinajstić information content (AvgIpc) is 3.30. The normalized spacial score (nSPS) is 14.6. The minimum Gasteiger partial charge on any atom is -0.497 e. The van der Waals surface area contributed by atoms with E-state index in [2.05, 4.69) is 20.7 Å². The zero-order valence-electron chi connectivity index (χ0n) is 17.0. The molecule has 2 amide bonds. The molecule has 0 saturated heterocycles. The predicted molar refractivity (Wildman–Crippen MR) is 116 cm³/mol. The molecule has 0 bridgehead atoms. The second-order valence-corrected chi connectivity index (χ2v) is 7.70. The SMILES string of the molecule is COc1ccc(OC)c(NC(=O)C[C@@H]2C(=O)Nc3nc(SCc4ccccc4)nn32)c1. The highest BCUT2D eigenvalue weighted by atomic mass is 32.2. The summed E-state index contributed by atoms with van der Waals surface area (Å²) in [5.41, 5.74) is 1.61. The number of amides is 2. The van der Waals surface area contributed by atoms with E-state index in [0.717, 1.165) is 5.56 Å². The standard InChI is InChI=1S/C21H21N5O4S/c1-29-14-8-9-17(30-2)15(10-14)22-18(27)11-16-19(28)23-20-24-21(25-26(16)20)31-12-13-6-4-3-5-7-13/h3-10,16H,11-12H2,1-2H3,(H,22,27)(H,23,24,25,28)/t16-/m1/s1. The Balaban J connectivity index is 1.43. The van der Waals surface area contributed by atoms with Crippen LogP contribution in [0.1, 0.15) is 18.0 Å². The summed E-state index contributed by atoms with van der Waals surface area (Å²) in [5, 5.41) is 10.4. The van der Waals surface area contributed by atoms with Gasteiger partial charge in [0, 0.05) is 11.8 Å². The average molecular weight is 439 g/mol. The van der Waals surface area contributed by atoms with Gasteiger partial charge in [-0.05, 0) is 17.7 Å². The van der Waals surface area contributed by atoms with E-state index in [0.29, 0.717) is 34.0 Å². The molecule has 0 saturated carbocycles. The summed E-state index contributed by atoms with van der Waals surface area (Å²) >= 11 is 1.47. The zero-order valence-corrected chi connectivity index (χ0v) is 17.8. The quantitative estimate of drug-likeness (QED) is 0.519. The Morgan fingerprint density at radius 2 is 2.00 bits per heavy atom. The predicted octanol–water partition coefficient (Wildman–Crippen LogP) is 3.11. The fraction of sp³-hybridized carbons (Fsp3) is 0.238. The van der Waals surface area contributed by atoms with Gasteiger partial charge in [0.05, 0.1) is 26.3 Å². The van der Waals surface area contributed by atoms with E-state index < -0.39 is 6.04 Å². The number of thioether (sulfide) groups is 1. The minimum atomic E-state index is -0.773. The number of hydrogen-bond donors (Lipinski definition) is 2. The first-order valence-corrected chi connectivity index (χ1v) is 10.5. The third-order valence-corrected chi connectivity index (χ3v) is 5.62. The lowest BCUT2D eigenvalue weighted by atomic mass is 10.2. The number of nitrogens with zero attached hydrogens (tertiary/aromatic N) is 3. The number of methoxy groups -OCH3 is 2. The summed E-state index contributed by atoms with van der Waals surface area (Å²) < 4.78 is 11.9. The molecule has 0 aliphatic carbocycles. The largest absolute Gasteiger partial charge is 0.497 e. The lowest BCUT2D eigenvalue weighted by Crippen LogP contribution is -2.24. The van der Waals surface area contributed by atoms with Crippen LogP contribution in [0.2, 0.25) is 0 Å². The number of nitrogens with one attached hydrogen (secondary N) is 2. The number of carbonyl (C=O) groups excluding carboxylic acids is 2. The number of ether oxygens (including phenoxy) is 2. The molecule has 0 radical (unpaired) electrons. The Hall–Kier alpha value is -3.53. The first-order valence-electron chi connectivity index (χ1n) is 9.53. The number of aromatic nitrogens is 3. The van der Waals surface area contributed by atoms with Gasteiger partial charge in [0.15, 0.2) is 0 Å². The topological polar surface area (TPSA) is 107 Å². The van der Waals surface area contributed by atoms with Gasteiger partial charge in [-0.1, -0.05) is 42.1 Å². The van der Waals surface area contributed by atoms with Crippen LogP contribution in [0.15, 0.2) is 53.7 Å². The molecule has 2 N–H and O–H groups in total. The molecule has 1 atom stereocenters. The Bertz CT molecular complexity index is 1100. The second-order valence-electron chi connectivity index (χ2n) is 6.76. The summed E-state index contributed by atoms with van der Waals surface area (Å²) in [6, 6.07) is 14.3. The van der Waals surface area contributed by atoms with Gasteiger partial charge in [-0.15, -0.1) is 5.10 Å². The van der Waals surface area contributed by atoms with Crippen LogP contribution in [0.4, 0.5) is 11.6 Å². The monoisotopic (exact) mass is 439 g/mol. The number of hydrogen-bond acceptors (Lipinski definition) is 7. The van der Waals surface area contributed by atoms with Crippen molar-refractivity contribution in [3.05, 3.63) is 54.1 Å². The van der Waals surface area contributed by atoms with Crippen LogP contribution in [0, 0.1) is 0 Å². The van der Waals surface area contributed by atoms with E-state index in [9.17, 15) is 9.59 Å². The molecule has 1 aliphatic heterocycles. The first-order chi connectivity index (χ1) is 15.1. The molecule has 4 rings (SSSR count). The summed E-state index contributed by atoms with van der Waals surface area (Å²) in [7, 11) is 3.05. The van der Waals surface area contributed by atoms with Crippen molar-refractivity contribution in [1.82, 2.24) is 14.8 Å². The maximum atomic E-state index is 12.7. The van der Waals surface area contributed by atoms with Crippen molar-refractivity contribution in [2.75, 3.05) is 24.9 Å². The van der Waals surface area contributed by atoms with Gasteiger partial charge in [0.2, 0.25) is 17.0 Å². The molecule has 2 aromatic carbocycles. The van der Waals surface area contributed by atoms with Gasteiger partial charge in [0.1, 0.15) is 17.5 Å². The van der Waals surface area contributed by atoms with Crippen molar-refractivity contribution in [3.63, 3.8) is 0 Å². The molecule has 2 heterocycles. The molecule has 31 heavy (non-hydrogen) atoms. The third kappa shape index (κ3) is 4.64. The van der Waals surface area contributed by atoms with E-state index in [1.54, 1.807) is 18.2 Å². The fourth-order valence-electron chi connectivity index (χ4n) is 3.16. The summed E-state index contributed by atoms with van der Waals surface area (Å²) in [4.78, 5) is 29.4. The number of anilines is 2. The van der Waals surface area contributed by atoms with E-state index >= 15 is 0 Å². The van der Waals surface area contributed by atoms with Crippen LogP contribution in [-0.4, -0.2) is 40.8 Å². The lowest BCUT2D eigenvalue weighted by Gasteiger charge is -2.13. The van der Waals surface area contributed by atoms with Crippen LogP contribution in [0.5, 0.6) is 11.5 Å². The van der Waals surface area contributed by atoms with Crippen LogP contribution >= 0.6 is 11.8 Å². The molecule has 0 unspecified atom stereocenters. The van der Waals surface area contributed by atoms with Gasteiger partial charge in [-0.25, -0.2) is 4.68 Å². The molecule has 10 heteroatoms. The van der Waals surface area contributed by atoms with Gasteiger partial charge >= 0.3 is 0 Å². The highest BCUT2D eigenvalue weighted by Crippen LogP contribution is 2.31. The minimum absolute atomic E-state index is 0.0919. The molecular weight excluding hydrogens is 418 g/mol. The van der Waals surface area contributed by atoms with E-state index in [1.165, 1.54) is 30.7 Å². The van der Waals surface area contributed by atoms with Gasteiger partial charge in [-0.2, -0.15) is 4.98 Å². The van der Waals surface area contributed by atoms with Crippen LogP contribution in [0.25, 0.3) is 0 Å². The molecular formula is C21H21N5O4S. The first kappa shape index (κ1) is 20.7. The van der Waals surface area contributed by atoms with Gasteiger partial charge in [0.25, 0.3) is 5.91 Å². The Labute approximate surface area is 183 Å². The highest BCUT2D eigenvalue weighted by molar-refractivity contribution is 7.98. The van der Waals surface area contributed by atoms with Crippen molar-refractivity contribution in [3.8, 4) is 11.5 Å². The Morgan fingerprint density at radius 3 is 2.74 bits per heavy atom. The van der Waals surface area contributed by atoms with E-state index in [1.807, 2.05) is 30.3 Å². The number of rotatable bonds is 8. The molecule has 0 fully saturated rings. The summed E-state index contributed by atoms with van der Waals surface area (Å²) in [6.45, 7) is 0. The van der Waals surface area contributed by atoms with Gasteiger partial charge in [-0.3, -0.25) is 14.9 Å². The van der Waals surface area contributed by atoms with E-state index in [-0.39, 0.29) is 18.2 Å². The van der Waals surface area contributed by atoms with Crippen molar-refractivity contribution in [2.45, 2.75) is 23.4 Å². The second kappa shape index (κ2) is 9.09. The van der Waals surface area contributed by atoms with Crippen LogP contribution in [-0.2, 0) is 15.3 Å². The van der Waals surface area contributed by atoms with Crippen molar-refractivity contribution in [1.29, 1.82) is 0 Å². The number of carbonyl (C=O) groups is 2. The van der Waals surface area contributed by atoms with E-state index in [4.69, 9.17) is 9.47 Å². The van der Waals surface area contributed by atoms with Crippen molar-refractivity contribution in [2.24, 2.45) is 0 Å². The molecule has 1 aromatic heterocycles. The molecule has 9 nitrogen and oxygen atoms in total. The lowest BCUT2D eigenvalue weighted by molar-refractivity contribution is -0.123. The maximum absolute atomic E-state index is 12.7. The van der Waals surface area contributed by atoms with Gasteiger partial charge < -0.3 is 14.8 Å². The van der Waals surface area contributed by atoms with Crippen molar-refractivity contribution >= 4 is 35.2 Å². The zero-order chi connectivity index (χ0) is 21.8. The molecule has 0 spiro atoms. The summed E-state index contributed by atoms with van der Waals surface area (Å²) in [5.74, 6) is 1.45. The molecule has 1 aliphatic rings. The third-order valence-electron chi connectivity index (χ3n) is 4.71. The van der Waals surface area contributed by atoms with Crippen LogP contribution in [0.3, 0.4) is 0 Å². The Morgan fingerprint density at radius 1 is 1.19 bits per heavy atom.